The lowest BCUT2D eigenvalue weighted by atomic mass is 9.83. The van der Waals surface area contributed by atoms with Crippen molar-refractivity contribution in [2.75, 3.05) is 0 Å². The third kappa shape index (κ3) is 4.06. The van der Waals surface area contributed by atoms with Gasteiger partial charge in [0.1, 0.15) is 11.3 Å². The molecule has 0 heterocycles. The molecule has 0 spiro atoms. The van der Waals surface area contributed by atoms with Crippen LogP contribution in [0.5, 0.6) is 5.75 Å². The van der Waals surface area contributed by atoms with Crippen LogP contribution in [0.3, 0.4) is 0 Å². The van der Waals surface area contributed by atoms with E-state index in [4.69, 9.17) is 27.9 Å². The smallest absolute Gasteiger partial charge is 0.262 e. The van der Waals surface area contributed by atoms with Gasteiger partial charge in [-0.25, -0.2) is 0 Å². The molecule has 0 bridgehead atoms. The number of hydrogen-bond donors (Lipinski definition) is 1. The number of nitriles is 1. The minimum Gasteiger partial charge on any atom is -0.481 e. The van der Waals surface area contributed by atoms with E-state index < -0.39 is 11.6 Å². The van der Waals surface area contributed by atoms with Crippen molar-refractivity contribution in [3.63, 3.8) is 0 Å². The second kappa shape index (κ2) is 7.21. The summed E-state index contributed by atoms with van der Waals surface area (Å²) in [6, 6.07) is 7.09. The molecule has 1 saturated carbocycles. The van der Waals surface area contributed by atoms with Crippen LogP contribution in [0.15, 0.2) is 18.2 Å². The summed E-state index contributed by atoms with van der Waals surface area (Å²) < 4.78 is 5.58. The number of nitrogens with one attached hydrogen (secondary N) is 1. The van der Waals surface area contributed by atoms with Gasteiger partial charge in [0, 0.05) is 6.07 Å². The Balaban J connectivity index is 1.99. The van der Waals surface area contributed by atoms with Crippen molar-refractivity contribution < 1.29 is 9.53 Å². The van der Waals surface area contributed by atoms with E-state index in [1.807, 2.05) is 0 Å². The molecule has 1 aromatic rings. The number of rotatable bonds is 4. The van der Waals surface area contributed by atoms with Crippen LogP contribution in [0.1, 0.15) is 39.0 Å². The molecule has 4 nitrogen and oxygen atoms in total. The second-order valence-electron chi connectivity index (χ2n) is 5.58. The van der Waals surface area contributed by atoms with E-state index in [0.29, 0.717) is 28.6 Å². The predicted molar refractivity (Wildman–Crippen MR) is 86.1 cm³/mol. The van der Waals surface area contributed by atoms with Crippen LogP contribution in [0.2, 0.25) is 10.0 Å². The molecule has 118 valence electrons. The Hall–Kier alpha value is -1.44. The first-order chi connectivity index (χ1) is 10.5. The molecule has 2 rings (SSSR count). The molecule has 22 heavy (non-hydrogen) atoms. The van der Waals surface area contributed by atoms with E-state index in [2.05, 4.69) is 11.4 Å². The van der Waals surface area contributed by atoms with Gasteiger partial charge in [0.2, 0.25) is 0 Å². The third-order valence-electron chi connectivity index (χ3n) is 3.86. The monoisotopic (exact) mass is 340 g/mol. The predicted octanol–water partition coefficient (Wildman–Crippen LogP) is 4.10. The van der Waals surface area contributed by atoms with Crippen molar-refractivity contribution in [1.82, 2.24) is 5.32 Å². The fraction of sp³-hybridized carbons (Fsp3) is 0.500. The van der Waals surface area contributed by atoms with Gasteiger partial charge in [0.25, 0.3) is 5.91 Å². The van der Waals surface area contributed by atoms with Gasteiger partial charge in [0.15, 0.2) is 6.10 Å². The van der Waals surface area contributed by atoms with Gasteiger partial charge in [0.05, 0.1) is 16.1 Å². The maximum atomic E-state index is 12.3. The largest absolute Gasteiger partial charge is 0.481 e. The standard InChI is InChI=1S/C16H18Cl2N2O2/c1-11(22-12-5-6-13(17)14(18)9-12)15(21)20-16(10-19)7-3-2-4-8-16/h5-6,9,11H,2-4,7-8H2,1H3,(H,20,21)/t11-/m0/s1. The molecule has 1 fully saturated rings. The van der Waals surface area contributed by atoms with E-state index in [1.165, 1.54) is 0 Å². The number of benzene rings is 1. The molecular weight excluding hydrogens is 323 g/mol. The number of nitrogens with zero attached hydrogens (tertiary/aromatic N) is 1. The molecule has 0 radical (unpaired) electrons. The normalized spacial score (nSPS) is 18.1. The van der Waals surface area contributed by atoms with Crippen LogP contribution in [0, 0.1) is 11.3 Å². The quantitative estimate of drug-likeness (QED) is 0.897. The Kier molecular flexibility index (Phi) is 5.55. The zero-order valence-corrected chi connectivity index (χ0v) is 13.9. The molecule has 1 N–H and O–H groups in total. The van der Waals surface area contributed by atoms with Gasteiger partial charge in [-0.05, 0) is 31.9 Å². The zero-order valence-electron chi connectivity index (χ0n) is 12.4. The van der Waals surface area contributed by atoms with Gasteiger partial charge in [-0.3, -0.25) is 4.79 Å². The molecule has 0 saturated heterocycles. The summed E-state index contributed by atoms with van der Waals surface area (Å²) >= 11 is 11.8. The zero-order chi connectivity index (χ0) is 16.2. The average Bonchev–Trinajstić information content (AvgIpc) is 2.51. The highest BCUT2D eigenvalue weighted by Crippen LogP contribution is 2.29. The Morgan fingerprint density at radius 1 is 1.32 bits per heavy atom. The van der Waals surface area contributed by atoms with Gasteiger partial charge in [-0.2, -0.15) is 5.26 Å². The first-order valence-electron chi connectivity index (χ1n) is 7.31. The fourth-order valence-corrected chi connectivity index (χ4v) is 2.85. The molecule has 0 unspecified atom stereocenters. The van der Waals surface area contributed by atoms with Gasteiger partial charge < -0.3 is 10.1 Å². The number of halogens is 2. The topological polar surface area (TPSA) is 62.1 Å². The van der Waals surface area contributed by atoms with Crippen LogP contribution in [0.4, 0.5) is 0 Å². The number of carbonyl (C=O) groups excluding carboxylic acids is 1. The van der Waals surface area contributed by atoms with E-state index in [-0.39, 0.29) is 5.91 Å². The lowest BCUT2D eigenvalue weighted by Gasteiger charge is -2.32. The SMILES string of the molecule is C[C@H](Oc1ccc(Cl)c(Cl)c1)C(=O)NC1(C#N)CCCCC1. The Morgan fingerprint density at radius 3 is 2.59 bits per heavy atom. The molecular formula is C16H18Cl2N2O2. The first-order valence-corrected chi connectivity index (χ1v) is 8.06. The summed E-state index contributed by atoms with van der Waals surface area (Å²) in [4.78, 5) is 12.3. The number of hydrogen-bond acceptors (Lipinski definition) is 3. The Labute approximate surface area is 140 Å². The van der Waals surface area contributed by atoms with Crippen molar-refractivity contribution >= 4 is 29.1 Å². The number of carbonyl (C=O) groups is 1. The molecule has 1 aromatic carbocycles. The Morgan fingerprint density at radius 2 is 2.00 bits per heavy atom. The maximum absolute atomic E-state index is 12.3. The lowest BCUT2D eigenvalue weighted by Crippen LogP contribution is -2.52. The van der Waals surface area contributed by atoms with Crippen molar-refractivity contribution in [1.29, 1.82) is 5.26 Å². The molecule has 1 aliphatic carbocycles. The van der Waals surface area contributed by atoms with Crippen molar-refractivity contribution in [2.45, 2.75) is 50.7 Å². The van der Waals surface area contributed by atoms with Crippen LogP contribution in [-0.2, 0) is 4.79 Å². The molecule has 0 aliphatic heterocycles. The summed E-state index contributed by atoms with van der Waals surface area (Å²) in [5.41, 5.74) is -0.759. The summed E-state index contributed by atoms with van der Waals surface area (Å²) in [5, 5.41) is 13.0. The Bertz CT molecular complexity index is 592. The summed E-state index contributed by atoms with van der Waals surface area (Å²) in [7, 11) is 0. The maximum Gasteiger partial charge on any atom is 0.262 e. The van der Waals surface area contributed by atoms with E-state index in [0.717, 1.165) is 19.3 Å². The summed E-state index contributed by atoms with van der Waals surface area (Å²) in [6.45, 7) is 1.64. The van der Waals surface area contributed by atoms with Crippen LogP contribution in [0.25, 0.3) is 0 Å². The van der Waals surface area contributed by atoms with E-state index in [9.17, 15) is 10.1 Å². The van der Waals surface area contributed by atoms with Gasteiger partial charge >= 0.3 is 0 Å². The highest BCUT2D eigenvalue weighted by Gasteiger charge is 2.35. The highest BCUT2D eigenvalue weighted by molar-refractivity contribution is 6.42. The fourth-order valence-electron chi connectivity index (χ4n) is 2.57. The number of ether oxygens (including phenoxy) is 1. The van der Waals surface area contributed by atoms with E-state index in [1.54, 1.807) is 25.1 Å². The molecule has 1 aliphatic rings. The van der Waals surface area contributed by atoms with E-state index >= 15 is 0 Å². The minimum atomic E-state index is -0.759. The second-order valence-corrected chi connectivity index (χ2v) is 6.39. The summed E-state index contributed by atoms with van der Waals surface area (Å²) in [6.07, 6.45) is 3.67. The van der Waals surface area contributed by atoms with Gasteiger partial charge in [-0.1, -0.05) is 42.5 Å². The highest BCUT2D eigenvalue weighted by atomic mass is 35.5. The van der Waals surface area contributed by atoms with Crippen molar-refractivity contribution in [3.8, 4) is 11.8 Å². The van der Waals surface area contributed by atoms with Gasteiger partial charge in [-0.15, -0.1) is 0 Å². The third-order valence-corrected chi connectivity index (χ3v) is 4.60. The molecule has 6 heteroatoms. The molecule has 1 atom stereocenters. The molecule has 0 aromatic heterocycles. The number of amides is 1. The van der Waals surface area contributed by atoms with Crippen LogP contribution in [-0.4, -0.2) is 17.6 Å². The first kappa shape index (κ1) is 16.9. The van der Waals surface area contributed by atoms with Crippen LogP contribution < -0.4 is 10.1 Å². The van der Waals surface area contributed by atoms with Crippen molar-refractivity contribution in [3.05, 3.63) is 28.2 Å². The van der Waals surface area contributed by atoms with Crippen LogP contribution >= 0.6 is 23.2 Å². The average molecular weight is 341 g/mol. The van der Waals surface area contributed by atoms with Crippen molar-refractivity contribution in [2.24, 2.45) is 0 Å². The lowest BCUT2D eigenvalue weighted by molar-refractivity contribution is -0.129. The minimum absolute atomic E-state index is 0.297. The molecule has 1 amide bonds. The summed E-state index contributed by atoms with van der Waals surface area (Å²) in [5.74, 6) is 0.168.